The van der Waals surface area contributed by atoms with Crippen LogP contribution in [-0.4, -0.2) is 53.8 Å². The lowest BCUT2D eigenvalue weighted by Gasteiger charge is -2.34. The summed E-state index contributed by atoms with van der Waals surface area (Å²) in [6.07, 6.45) is 1.91. The van der Waals surface area contributed by atoms with Crippen molar-refractivity contribution in [1.82, 2.24) is 10.2 Å². The zero-order chi connectivity index (χ0) is 23.1. The topological polar surface area (TPSA) is 73.8 Å². The fourth-order valence-corrected chi connectivity index (χ4v) is 3.93. The molecule has 8 heteroatoms. The van der Waals surface area contributed by atoms with E-state index in [1.807, 2.05) is 12.1 Å². The van der Waals surface area contributed by atoms with E-state index in [0.717, 1.165) is 38.0 Å². The van der Waals surface area contributed by atoms with Crippen LogP contribution < -0.4 is 15.4 Å². The third-order valence-electron chi connectivity index (χ3n) is 5.49. The molecule has 0 radical (unpaired) electrons. The van der Waals surface area contributed by atoms with Crippen LogP contribution in [0, 0.1) is 5.82 Å². The second-order valence-corrected chi connectivity index (χ2v) is 9.05. The van der Waals surface area contributed by atoms with Crippen molar-refractivity contribution in [2.75, 3.05) is 31.6 Å². The number of ether oxygens (including phenoxy) is 1. The first-order valence-corrected chi connectivity index (χ1v) is 11.2. The molecule has 1 atom stereocenters. The van der Waals surface area contributed by atoms with Crippen LogP contribution in [0.5, 0.6) is 5.75 Å². The van der Waals surface area contributed by atoms with Gasteiger partial charge in [-0.05, 0) is 62.7 Å². The molecule has 1 amide bonds. The fraction of sp³-hybridized carbons (Fsp3) is 0.458. The van der Waals surface area contributed by atoms with Crippen LogP contribution in [0.25, 0.3) is 0 Å². The van der Waals surface area contributed by atoms with Gasteiger partial charge in [0.05, 0.1) is 10.7 Å². The number of halogens is 2. The molecule has 1 aliphatic heterocycles. The van der Waals surface area contributed by atoms with E-state index in [2.05, 4.69) is 15.5 Å². The highest BCUT2D eigenvalue weighted by molar-refractivity contribution is 6.30. The van der Waals surface area contributed by atoms with E-state index in [0.29, 0.717) is 24.0 Å². The molecule has 1 saturated heterocycles. The number of nitrogens with zero attached hydrogens (tertiary/aromatic N) is 1. The minimum Gasteiger partial charge on any atom is -0.488 e. The van der Waals surface area contributed by atoms with Crippen molar-refractivity contribution in [3.63, 3.8) is 0 Å². The maximum Gasteiger partial charge on any atom is 0.221 e. The van der Waals surface area contributed by atoms with Gasteiger partial charge in [0.25, 0.3) is 0 Å². The summed E-state index contributed by atoms with van der Waals surface area (Å²) in [6.45, 7) is 6.23. The Morgan fingerprint density at radius 2 is 2.00 bits per heavy atom. The van der Waals surface area contributed by atoms with Gasteiger partial charge in [-0.1, -0.05) is 29.8 Å². The Hall–Kier alpha value is -2.19. The second kappa shape index (κ2) is 11.1. The van der Waals surface area contributed by atoms with E-state index in [-0.39, 0.29) is 17.5 Å². The molecule has 6 nitrogen and oxygen atoms in total. The number of anilines is 1. The van der Waals surface area contributed by atoms with Crippen molar-refractivity contribution in [3.05, 3.63) is 58.9 Å². The van der Waals surface area contributed by atoms with Gasteiger partial charge in [-0.2, -0.15) is 0 Å². The summed E-state index contributed by atoms with van der Waals surface area (Å²) in [6, 6.07) is 12.3. The Morgan fingerprint density at radius 1 is 1.28 bits per heavy atom. The lowest BCUT2D eigenvalue weighted by Crippen LogP contribution is -2.49. The van der Waals surface area contributed by atoms with Crippen molar-refractivity contribution >= 4 is 23.2 Å². The lowest BCUT2D eigenvalue weighted by atomic mass is 10.0. The number of piperidine rings is 1. The molecule has 0 aromatic heterocycles. The first kappa shape index (κ1) is 24.5. The number of hydrogen-bond donors (Lipinski definition) is 3. The Balaban J connectivity index is 1.42. The van der Waals surface area contributed by atoms with Crippen LogP contribution in [0.15, 0.2) is 42.5 Å². The first-order valence-electron chi connectivity index (χ1n) is 10.8. The minimum atomic E-state index is -1.06. The SMILES string of the molecule is CC(=O)Nc1ccccc1OCC(C)(O)CNC1CCN(Cc2ccc(F)c(Cl)c2)CC1. The number of amides is 1. The number of para-hydroxylation sites is 2. The molecule has 0 saturated carbocycles. The Kier molecular flexibility index (Phi) is 8.48. The first-order chi connectivity index (χ1) is 15.2. The monoisotopic (exact) mass is 463 g/mol. The molecule has 2 aromatic rings. The fourth-order valence-electron chi connectivity index (χ4n) is 3.73. The molecule has 3 rings (SSSR count). The number of rotatable bonds is 9. The van der Waals surface area contributed by atoms with Crippen molar-refractivity contribution in [2.24, 2.45) is 0 Å². The van der Waals surface area contributed by atoms with Gasteiger partial charge < -0.3 is 20.5 Å². The average Bonchev–Trinajstić information content (AvgIpc) is 2.75. The van der Waals surface area contributed by atoms with Crippen LogP contribution in [0.1, 0.15) is 32.3 Å². The highest BCUT2D eigenvalue weighted by Gasteiger charge is 2.26. The number of benzene rings is 2. The maximum atomic E-state index is 13.3. The van der Waals surface area contributed by atoms with Gasteiger partial charge in [0.2, 0.25) is 5.91 Å². The standard InChI is InChI=1S/C24H31ClFN3O3/c1-17(30)28-22-5-3-4-6-23(22)32-16-24(2,31)15-27-19-9-11-29(12-10-19)14-18-7-8-21(26)20(25)13-18/h3-8,13,19,27,31H,9-12,14-16H2,1-2H3,(H,28,30). The van der Waals surface area contributed by atoms with E-state index in [1.165, 1.54) is 13.0 Å². The van der Waals surface area contributed by atoms with Gasteiger partial charge in [0.1, 0.15) is 23.8 Å². The zero-order valence-electron chi connectivity index (χ0n) is 18.5. The van der Waals surface area contributed by atoms with Crippen molar-refractivity contribution in [2.45, 2.75) is 44.9 Å². The van der Waals surface area contributed by atoms with Crippen LogP contribution in [0.4, 0.5) is 10.1 Å². The smallest absolute Gasteiger partial charge is 0.221 e. The van der Waals surface area contributed by atoms with Gasteiger partial charge in [-0.15, -0.1) is 0 Å². The summed E-state index contributed by atoms with van der Waals surface area (Å²) in [7, 11) is 0. The number of carbonyl (C=O) groups excluding carboxylic acids is 1. The Bertz CT molecular complexity index is 917. The van der Waals surface area contributed by atoms with E-state index < -0.39 is 11.4 Å². The molecular weight excluding hydrogens is 433 g/mol. The third kappa shape index (κ3) is 7.45. The van der Waals surface area contributed by atoms with Gasteiger partial charge >= 0.3 is 0 Å². The Labute approximate surface area is 193 Å². The molecule has 1 heterocycles. The third-order valence-corrected chi connectivity index (χ3v) is 5.78. The van der Waals surface area contributed by atoms with Crippen LogP contribution in [-0.2, 0) is 11.3 Å². The number of likely N-dealkylation sites (tertiary alicyclic amines) is 1. The maximum absolute atomic E-state index is 13.3. The van der Waals surface area contributed by atoms with Gasteiger partial charge in [-0.3, -0.25) is 9.69 Å². The van der Waals surface area contributed by atoms with Crippen LogP contribution in [0.3, 0.4) is 0 Å². The van der Waals surface area contributed by atoms with Gasteiger partial charge in [0, 0.05) is 26.1 Å². The predicted molar refractivity (Wildman–Crippen MR) is 125 cm³/mol. The van der Waals surface area contributed by atoms with Crippen molar-refractivity contribution < 1.29 is 19.0 Å². The molecule has 0 spiro atoms. The summed E-state index contributed by atoms with van der Waals surface area (Å²) in [5.74, 6) is -0.0477. The molecular formula is C24H31ClFN3O3. The Morgan fingerprint density at radius 3 is 2.69 bits per heavy atom. The summed E-state index contributed by atoms with van der Waals surface area (Å²) in [5.41, 5.74) is 0.520. The van der Waals surface area contributed by atoms with E-state index in [4.69, 9.17) is 16.3 Å². The van der Waals surface area contributed by atoms with Gasteiger partial charge in [-0.25, -0.2) is 4.39 Å². The van der Waals surface area contributed by atoms with Crippen LogP contribution >= 0.6 is 11.6 Å². The summed E-state index contributed by atoms with van der Waals surface area (Å²) >= 11 is 5.88. The molecule has 32 heavy (non-hydrogen) atoms. The quantitative estimate of drug-likeness (QED) is 0.527. The molecule has 1 aliphatic rings. The van der Waals surface area contributed by atoms with E-state index >= 15 is 0 Å². The molecule has 1 unspecified atom stereocenters. The van der Waals surface area contributed by atoms with Gasteiger partial charge in [0.15, 0.2) is 0 Å². The second-order valence-electron chi connectivity index (χ2n) is 8.64. The average molecular weight is 464 g/mol. The van der Waals surface area contributed by atoms with Crippen molar-refractivity contribution in [3.8, 4) is 5.75 Å². The highest BCUT2D eigenvalue weighted by Crippen LogP contribution is 2.25. The number of carbonyl (C=O) groups is 1. The largest absolute Gasteiger partial charge is 0.488 e. The molecule has 1 fully saturated rings. The summed E-state index contributed by atoms with van der Waals surface area (Å²) in [4.78, 5) is 13.7. The summed E-state index contributed by atoms with van der Waals surface area (Å²) < 4.78 is 19.1. The molecule has 174 valence electrons. The lowest BCUT2D eigenvalue weighted by molar-refractivity contribution is -0.114. The minimum absolute atomic E-state index is 0.0980. The number of aliphatic hydroxyl groups is 1. The normalized spacial score (nSPS) is 17.0. The number of nitrogens with one attached hydrogen (secondary N) is 2. The summed E-state index contributed by atoms with van der Waals surface area (Å²) in [5, 5.41) is 17.1. The zero-order valence-corrected chi connectivity index (χ0v) is 19.3. The van der Waals surface area contributed by atoms with E-state index in [9.17, 15) is 14.3 Å². The number of hydrogen-bond acceptors (Lipinski definition) is 5. The molecule has 3 N–H and O–H groups in total. The molecule has 0 bridgehead atoms. The predicted octanol–water partition coefficient (Wildman–Crippen LogP) is 3.82. The van der Waals surface area contributed by atoms with E-state index in [1.54, 1.807) is 31.2 Å². The molecule has 2 aromatic carbocycles. The molecule has 0 aliphatic carbocycles. The van der Waals surface area contributed by atoms with Crippen molar-refractivity contribution in [1.29, 1.82) is 0 Å². The highest BCUT2D eigenvalue weighted by atomic mass is 35.5. The van der Waals surface area contributed by atoms with Crippen LogP contribution in [0.2, 0.25) is 5.02 Å².